The van der Waals surface area contributed by atoms with Gasteiger partial charge in [0.05, 0.1) is 29.0 Å². The van der Waals surface area contributed by atoms with Crippen molar-refractivity contribution in [2.75, 3.05) is 6.79 Å². The van der Waals surface area contributed by atoms with Gasteiger partial charge in [-0.25, -0.2) is 9.97 Å². The summed E-state index contributed by atoms with van der Waals surface area (Å²) in [5, 5.41) is 1.11. The molecule has 0 radical (unpaired) electrons. The molecule has 2 aromatic heterocycles. The Morgan fingerprint density at radius 2 is 1.86 bits per heavy atom. The first kappa shape index (κ1) is 23.1. The molecule has 0 bridgehead atoms. The van der Waals surface area contributed by atoms with Gasteiger partial charge in [0, 0.05) is 17.7 Å². The highest BCUT2D eigenvalue weighted by Crippen LogP contribution is 2.35. The number of fused-ring (bicyclic) bond motifs is 3. The van der Waals surface area contributed by atoms with E-state index in [1.807, 2.05) is 55.5 Å². The minimum atomic E-state index is -0.249. The average molecular weight is 502 g/mol. The third kappa shape index (κ3) is 4.14. The Kier molecular flexibility index (Phi) is 5.73. The van der Waals surface area contributed by atoms with Crippen molar-refractivity contribution >= 4 is 22.8 Å². The molecule has 0 aliphatic carbocycles. The molecule has 4 heterocycles. The number of pyridine rings is 1. The van der Waals surface area contributed by atoms with Gasteiger partial charge < -0.3 is 14.2 Å². The number of aryl methyl sites for hydroxylation is 1. The molecule has 2 aromatic carbocycles. The van der Waals surface area contributed by atoms with Crippen molar-refractivity contribution in [2.24, 2.45) is 0 Å². The van der Waals surface area contributed by atoms with Crippen molar-refractivity contribution in [2.45, 2.75) is 56.7 Å². The normalized spacial score (nSPS) is 18.4. The van der Waals surface area contributed by atoms with Gasteiger partial charge in [0.25, 0.3) is 5.56 Å². The lowest BCUT2D eigenvalue weighted by Gasteiger charge is -2.33. The molecule has 7 nitrogen and oxygen atoms in total. The third-order valence-electron chi connectivity index (χ3n) is 6.96. The largest absolute Gasteiger partial charge is 0.454 e. The molecular weight excluding hydrogens is 474 g/mol. The van der Waals surface area contributed by atoms with Gasteiger partial charge in [-0.2, -0.15) is 0 Å². The summed E-state index contributed by atoms with van der Waals surface area (Å²) in [5.74, 6) is 2.11. The van der Waals surface area contributed by atoms with E-state index in [1.165, 1.54) is 11.8 Å². The smallest absolute Gasteiger partial charge is 0.268 e. The van der Waals surface area contributed by atoms with Crippen LogP contribution in [0.1, 0.15) is 42.7 Å². The third-order valence-corrected chi connectivity index (χ3v) is 7.97. The van der Waals surface area contributed by atoms with Gasteiger partial charge in [-0.15, -0.1) is 0 Å². The van der Waals surface area contributed by atoms with Gasteiger partial charge >= 0.3 is 0 Å². The first-order chi connectivity index (χ1) is 17.4. The lowest BCUT2D eigenvalue weighted by Crippen LogP contribution is -2.35. The quantitative estimate of drug-likeness (QED) is 0.269. The van der Waals surface area contributed by atoms with Crippen molar-refractivity contribution in [3.8, 4) is 17.2 Å². The van der Waals surface area contributed by atoms with Crippen LogP contribution in [0.5, 0.6) is 11.5 Å². The maximum Gasteiger partial charge on any atom is 0.268 e. The first-order valence-electron chi connectivity index (χ1n) is 12.1. The summed E-state index contributed by atoms with van der Waals surface area (Å²) in [5.41, 5.74) is 4.99. The Labute approximate surface area is 213 Å². The van der Waals surface area contributed by atoms with Gasteiger partial charge in [-0.05, 0) is 56.2 Å². The van der Waals surface area contributed by atoms with Crippen molar-refractivity contribution in [3.05, 3.63) is 81.3 Å². The van der Waals surface area contributed by atoms with E-state index in [4.69, 9.17) is 24.2 Å². The average Bonchev–Trinajstić information content (AvgIpc) is 3.35. The van der Waals surface area contributed by atoms with Crippen molar-refractivity contribution < 1.29 is 14.2 Å². The van der Waals surface area contributed by atoms with Gasteiger partial charge in [-0.1, -0.05) is 42.4 Å². The van der Waals surface area contributed by atoms with Crippen LogP contribution in [-0.4, -0.2) is 26.9 Å². The lowest BCUT2D eigenvalue weighted by atomic mass is 9.91. The number of hydrogen-bond donors (Lipinski definition) is 0. The first-order valence-corrected chi connectivity index (χ1v) is 13.1. The molecule has 0 saturated carbocycles. The minimum Gasteiger partial charge on any atom is -0.454 e. The zero-order valence-corrected chi connectivity index (χ0v) is 21.4. The highest BCUT2D eigenvalue weighted by molar-refractivity contribution is 7.98. The highest BCUT2D eigenvalue weighted by Gasteiger charge is 2.31. The summed E-state index contributed by atoms with van der Waals surface area (Å²) in [6.07, 6.45) is 1.60. The fraction of sp³-hybridized carbons (Fsp3) is 0.321. The van der Waals surface area contributed by atoms with Crippen molar-refractivity contribution in [3.63, 3.8) is 0 Å². The van der Waals surface area contributed by atoms with E-state index >= 15 is 0 Å². The van der Waals surface area contributed by atoms with Crippen LogP contribution < -0.4 is 15.0 Å². The molecule has 0 saturated heterocycles. The standard InChI is InChI=1S/C28H27N3O4S/c1-4-28(3)13-22-19(14-35-28)12-21-25(29-22)30-27(31(26(21)32)20-8-5-17(2)6-9-20)36-15-18-7-10-23-24(11-18)34-16-33-23/h5-12H,4,13-16H2,1-3H3/t28-/m0/s1. The molecular formula is C28H27N3O4S. The predicted molar refractivity (Wildman–Crippen MR) is 139 cm³/mol. The second kappa shape index (κ2) is 8.94. The number of aromatic nitrogens is 3. The number of hydrogen-bond acceptors (Lipinski definition) is 7. The Bertz CT molecular complexity index is 1530. The van der Waals surface area contributed by atoms with E-state index in [0.29, 0.717) is 35.0 Å². The predicted octanol–water partition coefficient (Wildman–Crippen LogP) is 5.35. The summed E-state index contributed by atoms with van der Waals surface area (Å²) in [7, 11) is 0. The fourth-order valence-corrected chi connectivity index (χ4v) is 5.48. The minimum absolute atomic E-state index is 0.129. The van der Waals surface area contributed by atoms with E-state index in [-0.39, 0.29) is 18.0 Å². The van der Waals surface area contributed by atoms with E-state index in [2.05, 4.69) is 13.8 Å². The molecule has 8 heteroatoms. The zero-order valence-electron chi connectivity index (χ0n) is 20.5. The molecule has 0 spiro atoms. The Balaban J connectivity index is 1.45. The van der Waals surface area contributed by atoms with Gasteiger partial charge in [0.15, 0.2) is 22.3 Å². The molecule has 36 heavy (non-hydrogen) atoms. The summed E-state index contributed by atoms with van der Waals surface area (Å²) < 4.78 is 18.8. The Morgan fingerprint density at radius 3 is 2.67 bits per heavy atom. The SMILES string of the molecule is CC[C@@]1(C)Cc2nc3nc(SCc4ccc5c(c4)OCO5)n(-c4ccc(C)cc4)c(=O)c3cc2CO1. The number of thioether (sulfide) groups is 1. The molecule has 0 fully saturated rings. The highest BCUT2D eigenvalue weighted by atomic mass is 32.2. The molecule has 4 aromatic rings. The monoisotopic (exact) mass is 501 g/mol. The van der Waals surface area contributed by atoms with Crippen molar-refractivity contribution in [1.29, 1.82) is 0 Å². The van der Waals surface area contributed by atoms with Crippen LogP contribution in [0.4, 0.5) is 0 Å². The Morgan fingerprint density at radius 1 is 1.06 bits per heavy atom. The van der Waals surface area contributed by atoms with Crippen molar-refractivity contribution in [1.82, 2.24) is 14.5 Å². The van der Waals surface area contributed by atoms with E-state index in [9.17, 15) is 4.79 Å². The number of rotatable bonds is 5. The maximum absolute atomic E-state index is 13.9. The van der Waals surface area contributed by atoms with Gasteiger partial charge in [0.1, 0.15) is 0 Å². The zero-order chi connectivity index (χ0) is 24.9. The van der Waals surface area contributed by atoms with Crippen LogP contribution in [0.25, 0.3) is 16.7 Å². The van der Waals surface area contributed by atoms with Crippen LogP contribution >= 0.6 is 11.8 Å². The summed E-state index contributed by atoms with van der Waals surface area (Å²) in [6.45, 7) is 6.95. The molecule has 1 atom stereocenters. The van der Waals surface area contributed by atoms with E-state index < -0.39 is 0 Å². The van der Waals surface area contributed by atoms with Gasteiger partial charge in [-0.3, -0.25) is 9.36 Å². The van der Waals surface area contributed by atoms with Crippen LogP contribution in [0.2, 0.25) is 0 Å². The fourth-order valence-electron chi connectivity index (χ4n) is 4.53. The summed E-state index contributed by atoms with van der Waals surface area (Å²) in [6, 6.07) is 15.7. The maximum atomic E-state index is 13.9. The molecule has 2 aliphatic rings. The molecule has 0 unspecified atom stereocenters. The Hall–Kier alpha value is -3.36. The van der Waals surface area contributed by atoms with Crippen LogP contribution in [-0.2, 0) is 23.5 Å². The van der Waals surface area contributed by atoms with E-state index in [0.717, 1.165) is 46.0 Å². The lowest BCUT2D eigenvalue weighted by molar-refractivity contribution is -0.0573. The molecule has 0 N–H and O–H groups in total. The number of benzene rings is 2. The molecule has 2 aliphatic heterocycles. The second-order valence-corrected chi connectivity index (χ2v) is 10.5. The molecule has 0 amide bonds. The van der Waals surface area contributed by atoms with Gasteiger partial charge in [0.2, 0.25) is 6.79 Å². The van der Waals surface area contributed by atoms with Crippen LogP contribution in [0.15, 0.2) is 58.5 Å². The molecule has 184 valence electrons. The number of nitrogens with zero attached hydrogens (tertiary/aromatic N) is 3. The number of ether oxygens (including phenoxy) is 3. The van der Waals surface area contributed by atoms with Crippen LogP contribution in [0, 0.1) is 6.92 Å². The second-order valence-electron chi connectivity index (χ2n) is 9.58. The summed E-state index contributed by atoms with van der Waals surface area (Å²) >= 11 is 1.51. The summed E-state index contributed by atoms with van der Waals surface area (Å²) in [4.78, 5) is 23.7. The van der Waals surface area contributed by atoms with E-state index in [1.54, 1.807) is 4.57 Å². The molecule has 6 rings (SSSR count). The van der Waals surface area contributed by atoms with Crippen LogP contribution in [0.3, 0.4) is 0 Å². The topological polar surface area (TPSA) is 75.5 Å².